The first kappa shape index (κ1) is 13.2. The van der Waals surface area contributed by atoms with Crippen molar-refractivity contribution in [2.75, 3.05) is 12.4 Å². The van der Waals surface area contributed by atoms with Crippen molar-refractivity contribution in [1.82, 2.24) is 0 Å². The molecule has 2 aromatic rings. The molecule has 0 aliphatic rings. The molecule has 0 spiro atoms. The first-order chi connectivity index (χ1) is 9.10. The summed E-state index contributed by atoms with van der Waals surface area (Å²) in [7, 11) is 1.53. The van der Waals surface area contributed by atoms with Gasteiger partial charge in [0.2, 0.25) is 0 Å². The molecule has 0 radical (unpaired) electrons. The Bertz CT molecular complexity index is 613. The lowest BCUT2D eigenvalue weighted by atomic mass is 10.2. The highest BCUT2D eigenvalue weighted by molar-refractivity contribution is 6.34. The Kier molecular flexibility index (Phi) is 3.92. The van der Waals surface area contributed by atoms with Crippen LogP contribution < -0.4 is 10.1 Å². The minimum Gasteiger partial charge on any atom is -0.508 e. The number of halogens is 1. The fourth-order valence-electron chi connectivity index (χ4n) is 1.57. The Hall–Kier alpha value is -2.20. The van der Waals surface area contributed by atoms with Crippen LogP contribution in [0.2, 0.25) is 5.02 Å². The molecule has 19 heavy (non-hydrogen) atoms. The van der Waals surface area contributed by atoms with E-state index in [0.29, 0.717) is 22.0 Å². The molecule has 0 atom stereocenters. The van der Waals surface area contributed by atoms with Gasteiger partial charge in [-0.1, -0.05) is 17.7 Å². The number of phenolic OH excluding ortho intramolecular Hbond substituents is 1. The van der Waals surface area contributed by atoms with Gasteiger partial charge in [0.15, 0.2) is 0 Å². The molecule has 0 unspecified atom stereocenters. The number of carbonyl (C=O) groups excluding carboxylic acids is 1. The van der Waals surface area contributed by atoms with Gasteiger partial charge >= 0.3 is 0 Å². The highest BCUT2D eigenvalue weighted by Gasteiger charge is 2.10. The molecule has 0 aromatic heterocycles. The summed E-state index contributed by atoms with van der Waals surface area (Å²) in [5.41, 5.74) is 0.799. The van der Waals surface area contributed by atoms with Crippen molar-refractivity contribution < 1.29 is 14.6 Å². The van der Waals surface area contributed by atoms with Gasteiger partial charge in [-0.25, -0.2) is 0 Å². The SMILES string of the molecule is COc1ccc(Cl)c(NC(=O)c2cccc(O)c2)c1. The van der Waals surface area contributed by atoms with E-state index in [0.717, 1.165) is 0 Å². The summed E-state index contributed by atoms with van der Waals surface area (Å²) in [6.45, 7) is 0. The second kappa shape index (κ2) is 5.63. The molecule has 0 saturated heterocycles. The molecule has 5 heteroatoms. The first-order valence-corrected chi connectivity index (χ1v) is 5.92. The summed E-state index contributed by atoms with van der Waals surface area (Å²) >= 11 is 6.00. The van der Waals surface area contributed by atoms with E-state index in [1.54, 1.807) is 30.3 Å². The molecular formula is C14H12ClNO3. The van der Waals surface area contributed by atoms with Gasteiger partial charge < -0.3 is 15.2 Å². The summed E-state index contributed by atoms with van der Waals surface area (Å²) in [5.74, 6) is 0.269. The summed E-state index contributed by atoms with van der Waals surface area (Å²) < 4.78 is 5.07. The van der Waals surface area contributed by atoms with Gasteiger partial charge in [0.1, 0.15) is 11.5 Å². The number of hydrogen-bond donors (Lipinski definition) is 2. The Morgan fingerprint density at radius 3 is 2.74 bits per heavy atom. The van der Waals surface area contributed by atoms with Crippen LogP contribution in [0.25, 0.3) is 0 Å². The van der Waals surface area contributed by atoms with Crippen LogP contribution in [0.5, 0.6) is 11.5 Å². The highest BCUT2D eigenvalue weighted by Crippen LogP contribution is 2.27. The summed E-state index contributed by atoms with van der Waals surface area (Å²) in [6.07, 6.45) is 0. The van der Waals surface area contributed by atoms with Crippen LogP contribution in [0, 0.1) is 0 Å². The third-order valence-electron chi connectivity index (χ3n) is 2.53. The van der Waals surface area contributed by atoms with E-state index in [4.69, 9.17) is 16.3 Å². The molecule has 0 aliphatic carbocycles. The van der Waals surface area contributed by atoms with Gasteiger partial charge in [0.25, 0.3) is 5.91 Å². The minimum atomic E-state index is -0.356. The zero-order valence-corrected chi connectivity index (χ0v) is 10.9. The molecule has 2 N–H and O–H groups in total. The van der Waals surface area contributed by atoms with Crippen LogP contribution in [0.1, 0.15) is 10.4 Å². The van der Waals surface area contributed by atoms with Crippen LogP contribution in [-0.2, 0) is 0 Å². The van der Waals surface area contributed by atoms with Crippen molar-refractivity contribution in [2.45, 2.75) is 0 Å². The van der Waals surface area contributed by atoms with Crippen molar-refractivity contribution >= 4 is 23.2 Å². The van der Waals surface area contributed by atoms with Gasteiger partial charge in [-0.3, -0.25) is 4.79 Å². The van der Waals surface area contributed by atoms with Crippen LogP contribution in [-0.4, -0.2) is 18.1 Å². The number of benzene rings is 2. The molecule has 4 nitrogen and oxygen atoms in total. The molecule has 98 valence electrons. The predicted octanol–water partition coefficient (Wildman–Crippen LogP) is 3.31. The number of phenols is 1. The number of anilines is 1. The zero-order chi connectivity index (χ0) is 13.8. The molecule has 2 rings (SSSR count). The maximum Gasteiger partial charge on any atom is 0.255 e. The number of carbonyl (C=O) groups is 1. The molecule has 0 bridgehead atoms. The van der Waals surface area contributed by atoms with Crippen molar-refractivity contribution in [3.05, 3.63) is 53.1 Å². The number of hydrogen-bond acceptors (Lipinski definition) is 3. The predicted molar refractivity (Wildman–Crippen MR) is 74.1 cm³/mol. The zero-order valence-electron chi connectivity index (χ0n) is 10.2. The standard InChI is InChI=1S/C14H12ClNO3/c1-19-11-5-6-12(15)13(8-11)16-14(18)9-3-2-4-10(17)7-9/h2-8,17H,1H3,(H,16,18). The number of nitrogens with one attached hydrogen (secondary N) is 1. The van der Waals surface area contributed by atoms with Crippen molar-refractivity contribution in [3.63, 3.8) is 0 Å². The van der Waals surface area contributed by atoms with Gasteiger partial charge in [-0.15, -0.1) is 0 Å². The van der Waals surface area contributed by atoms with E-state index in [9.17, 15) is 9.90 Å². The van der Waals surface area contributed by atoms with Gasteiger partial charge in [0, 0.05) is 11.6 Å². The Balaban J connectivity index is 2.23. The number of aromatic hydroxyl groups is 1. The molecule has 1 amide bonds. The van der Waals surface area contributed by atoms with E-state index in [1.807, 2.05) is 0 Å². The number of rotatable bonds is 3. The maximum absolute atomic E-state index is 12.0. The quantitative estimate of drug-likeness (QED) is 0.905. The maximum atomic E-state index is 12.0. The molecule has 0 aliphatic heterocycles. The van der Waals surface area contributed by atoms with Gasteiger partial charge in [-0.2, -0.15) is 0 Å². The fourth-order valence-corrected chi connectivity index (χ4v) is 1.73. The highest BCUT2D eigenvalue weighted by atomic mass is 35.5. The Morgan fingerprint density at radius 1 is 1.26 bits per heavy atom. The lowest BCUT2D eigenvalue weighted by Crippen LogP contribution is -2.12. The fraction of sp³-hybridized carbons (Fsp3) is 0.0714. The number of ether oxygens (including phenoxy) is 1. The molecule has 2 aromatic carbocycles. The lowest BCUT2D eigenvalue weighted by Gasteiger charge is -2.09. The van der Waals surface area contributed by atoms with E-state index in [-0.39, 0.29) is 11.7 Å². The van der Waals surface area contributed by atoms with Gasteiger partial charge in [0.05, 0.1) is 17.8 Å². The Morgan fingerprint density at radius 2 is 2.05 bits per heavy atom. The third-order valence-corrected chi connectivity index (χ3v) is 2.86. The molecule has 0 saturated carbocycles. The second-order valence-electron chi connectivity index (χ2n) is 3.85. The Labute approximate surface area is 115 Å². The molecule has 0 fully saturated rings. The lowest BCUT2D eigenvalue weighted by molar-refractivity contribution is 0.102. The summed E-state index contributed by atoms with van der Waals surface area (Å²) in [4.78, 5) is 12.0. The average Bonchev–Trinajstić information content (AvgIpc) is 2.41. The summed E-state index contributed by atoms with van der Waals surface area (Å²) in [6, 6.07) is 11.0. The van der Waals surface area contributed by atoms with E-state index in [2.05, 4.69) is 5.32 Å². The van der Waals surface area contributed by atoms with Crippen LogP contribution in [0.15, 0.2) is 42.5 Å². The topological polar surface area (TPSA) is 58.6 Å². The van der Waals surface area contributed by atoms with E-state index < -0.39 is 0 Å². The first-order valence-electron chi connectivity index (χ1n) is 5.54. The second-order valence-corrected chi connectivity index (χ2v) is 4.26. The van der Waals surface area contributed by atoms with E-state index >= 15 is 0 Å². The van der Waals surface area contributed by atoms with E-state index in [1.165, 1.54) is 19.2 Å². The smallest absolute Gasteiger partial charge is 0.255 e. The average molecular weight is 278 g/mol. The monoisotopic (exact) mass is 277 g/mol. The minimum absolute atomic E-state index is 0.0318. The van der Waals surface area contributed by atoms with Crippen LogP contribution in [0.4, 0.5) is 5.69 Å². The largest absolute Gasteiger partial charge is 0.508 e. The van der Waals surface area contributed by atoms with Crippen molar-refractivity contribution in [3.8, 4) is 11.5 Å². The van der Waals surface area contributed by atoms with Gasteiger partial charge in [-0.05, 0) is 30.3 Å². The third kappa shape index (κ3) is 3.17. The number of amides is 1. The van der Waals surface area contributed by atoms with Crippen LogP contribution in [0.3, 0.4) is 0 Å². The van der Waals surface area contributed by atoms with Crippen molar-refractivity contribution in [2.24, 2.45) is 0 Å². The van der Waals surface area contributed by atoms with Crippen molar-refractivity contribution in [1.29, 1.82) is 0 Å². The molecule has 0 heterocycles. The number of methoxy groups -OCH3 is 1. The molecular weight excluding hydrogens is 266 g/mol. The summed E-state index contributed by atoms with van der Waals surface area (Å²) in [5, 5.41) is 12.4. The normalized spacial score (nSPS) is 10.0. The van der Waals surface area contributed by atoms with Crippen LogP contribution >= 0.6 is 11.6 Å².